The number of aliphatic hydroxyl groups is 1. The first kappa shape index (κ1) is 9.32. The van der Waals surface area contributed by atoms with E-state index in [0.29, 0.717) is 11.7 Å². The minimum atomic E-state index is -0.578. The highest BCUT2D eigenvalue weighted by Crippen LogP contribution is 2.20. The molecule has 1 unspecified atom stereocenters. The van der Waals surface area contributed by atoms with Gasteiger partial charge in [-0.05, 0) is 11.4 Å². The van der Waals surface area contributed by atoms with E-state index in [1.165, 1.54) is 0 Å². The number of nitrogens with zero attached hydrogens (tertiary/aromatic N) is 2. The summed E-state index contributed by atoms with van der Waals surface area (Å²) in [5.41, 5.74) is 6.40. The zero-order valence-corrected chi connectivity index (χ0v) is 8.07. The topological polar surface area (TPSA) is 85.2 Å². The average Bonchev–Trinajstić information content (AvgIpc) is 2.86. The molecule has 0 aliphatic heterocycles. The number of nitrogens with two attached hydrogens (primary N) is 1. The van der Waals surface area contributed by atoms with Crippen LogP contribution >= 0.6 is 11.3 Å². The largest absolute Gasteiger partial charge is 0.394 e. The molecule has 0 saturated heterocycles. The van der Waals surface area contributed by atoms with Crippen molar-refractivity contribution in [1.29, 1.82) is 0 Å². The zero-order valence-electron chi connectivity index (χ0n) is 7.25. The molecule has 5 nitrogen and oxygen atoms in total. The van der Waals surface area contributed by atoms with Crippen LogP contribution in [0.4, 0.5) is 0 Å². The standard InChI is InChI=1S/C8H9N3O2S/c9-6(3-12)7-10-8(13-11-7)5-1-2-14-4-5/h1-2,4,6,12H,3,9H2. The van der Waals surface area contributed by atoms with Crippen molar-refractivity contribution in [3.8, 4) is 11.5 Å². The van der Waals surface area contributed by atoms with Crippen molar-refractivity contribution in [1.82, 2.24) is 10.1 Å². The first-order chi connectivity index (χ1) is 6.81. The predicted molar refractivity (Wildman–Crippen MR) is 51.6 cm³/mol. The van der Waals surface area contributed by atoms with Crippen LogP contribution < -0.4 is 5.73 Å². The van der Waals surface area contributed by atoms with Crippen LogP contribution in [0.15, 0.2) is 21.3 Å². The second-order valence-electron chi connectivity index (χ2n) is 2.76. The van der Waals surface area contributed by atoms with Gasteiger partial charge in [0, 0.05) is 5.38 Å². The lowest BCUT2D eigenvalue weighted by Gasteiger charge is -1.98. The van der Waals surface area contributed by atoms with Gasteiger partial charge in [0.25, 0.3) is 5.89 Å². The fourth-order valence-corrected chi connectivity index (χ4v) is 1.60. The van der Waals surface area contributed by atoms with E-state index >= 15 is 0 Å². The number of hydrogen-bond acceptors (Lipinski definition) is 6. The minimum Gasteiger partial charge on any atom is -0.394 e. The molecule has 3 N–H and O–H groups in total. The highest BCUT2D eigenvalue weighted by atomic mass is 32.1. The SMILES string of the molecule is NC(CO)c1noc(-c2ccsc2)n1. The van der Waals surface area contributed by atoms with Crippen LogP contribution in [0.25, 0.3) is 11.5 Å². The molecule has 0 aliphatic rings. The van der Waals surface area contributed by atoms with Crippen molar-refractivity contribution in [3.05, 3.63) is 22.7 Å². The van der Waals surface area contributed by atoms with E-state index in [0.717, 1.165) is 5.56 Å². The van der Waals surface area contributed by atoms with Gasteiger partial charge in [0.2, 0.25) is 0 Å². The maximum atomic E-state index is 8.78. The maximum Gasteiger partial charge on any atom is 0.258 e. The van der Waals surface area contributed by atoms with E-state index in [2.05, 4.69) is 10.1 Å². The van der Waals surface area contributed by atoms with Crippen molar-refractivity contribution < 1.29 is 9.63 Å². The summed E-state index contributed by atoms with van der Waals surface area (Å²) >= 11 is 1.55. The molecule has 0 saturated carbocycles. The van der Waals surface area contributed by atoms with E-state index in [1.54, 1.807) is 11.3 Å². The maximum absolute atomic E-state index is 8.78. The summed E-state index contributed by atoms with van der Waals surface area (Å²) < 4.78 is 4.99. The molecule has 1 atom stereocenters. The van der Waals surface area contributed by atoms with Gasteiger partial charge in [0.05, 0.1) is 18.2 Å². The lowest BCUT2D eigenvalue weighted by atomic mass is 10.3. The van der Waals surface area contributed by atoms with E-state index in [4.69, 9.17) is 15.4 Å². The van der Waals surface area contributed by atoms with E-state index in [1.807, 2.05) is 16.8 Å². The first-order valence-corrected chi connectivity index (χ1v) is 4.98. The molecule has 0 bridgehead atoms. The number of aromatic nitrogens is 2. The fraction of sp³-hybridized carbons (Fsp3) is 0.250. The quantitative estimate of drug-likeness (QED) is 0.784. The van der Waals surface area contributed by atoms with Gasteiger partial charge in [0.1, 0.15) is 0 Å². The summed E-state index contributed by atoms with van der Waals surface area (Å²) in [5, 5.41) is 16.3. The Bertz CT molecular complexity index is 398. The smallest absolute Gasteiger partial charge is 0.258 e. The molecule has 0 spiro atoms. The molecule has 0 fully saturated rings. The Balaban J connectivity index is 2.26. The van der Waals surface area contributed by atoms with Crippen LogP contribution in [-0.2, 0) is 0 Å². The van der Waals surface area contributed by atoms with Gasteiger partial charge in [-0.2, -0.15) is 16.3 Å². The number of hydrogen-bond donors (Lipinski definition) is 2. The van der Waals surface area contributed by atoms with Crippen LogP contribution in [0.3, 0.4) is 0 Å². The van der Waals surface area contributed by atoms with Crippen molar-refractivity contribution in [2.45, 2.75) is 6.04 Å². The average molecular weight is 211 g/mol. The Hall–Kier alpha value is -1.24. The molecule has 74 valence electrons. The Morgan fingerprint density at radius 2 is 2.50 bits per heavy atom. The number of thiophene rings is 1. The predicted octanol–water partition coefficient (Wildman–Crippen LogP) is 0.790. The fourth-order valence-electron chi connectivity index (χ4n) is 0.971. The van der Waals surface area contributed by atoms with Gasteiger partial charge in [0.15, 0.2) is 5.82 Å². The zero-order chi connectivity index (χ0) is 9.97. The summed E-state index contributed by atoms with van der Waals surface area (Å²) in [6.45, 7) is -0.192. The van der Waals surface area contributed by atoms with Gasteiger partial charge >= 0.3 is 0 Å². The molecule has 0 radical (unpaired) electrons. The second kappa shape index (κ2) is 3.87. The lowest BCUT2D eigenvalue weighted by molar-refractivity contribution is 0.260. The molecule has 2 heterocycles. The molecule has 0 amide bonds. The number of rotatable bonds is 3. The third-order valence-electron chi connectivity index (χ3n) is 1.74. The molecule has 0 aliphatic carbocycles. The molecule has 6 heteroatoms. The van der Waals surface area contributed by atoms with Gasteiger partial charge in [-0.25, -0.2) is 0 Å². The third-order valence-corrected chi connectivity index (χ3v) is 2.42. The van der Waals surface area contributed by atoms with Crippen LogP contribution in [-0.4, -0.2) is 21.9 Å². The molecule has 2 rings (SSSR count). The third kappa shape index (κ3) is 1.67. The van der Waals surface area contributed by atoms with Crippen LogP contribution in [0.2, 0.25) is 0 Å². The van der Waals surface area contributed by atoms with Crippen LogP contribution in [0, 0.1) is 0 Å². The number of aliphatic hydroxyl groups excluding tert-OH is 1. The van der Waals surface area contributed by atoms with Crippen molar-refractivity contribution in [2.24, 2.45) is 5.73 Å². The summed E-state index contributed by atoms with van der Waals surface area (Å²) in [5.74, 6) is 0.763. The normalized spacial score (nSPS) is 13.0. The Morgan fingerprint density at radius 1 is 1.64 bits per heavy atom. The molecule has 2 aromatic heterocycles. The molecule has 2 aromatic rings. The summed E-state index contributed by atoms with van der Waals surface area (Å²) in [6, 6.07) is 1.30. The highest BCUT2D eigenvalue weighted by Gasteiger charge is 2.14. The van der Waals surface area contributed by atoms with E-state index in [9.17, 15) is 0 Å². The Labute approximate surface area is 84.2 Å². The van der Waals surface area contributed by atoms with Crippen molar-refractivity contribution in [3.63, 3.8) is 0 Å². The van der Waals surface area contributed by atoms with E-state index < -0.39 is 6.04 Å². The van der Waals surface area contributed by atoms with Gasteiger partial charge in [-0.15, -0.1) is 0 Å². The van der Waals surface area contributed by atoms with Crippen LogP contribution in [0.5, 0.6) is 0 Å². The minimum absolute atomic E-state index is 0.192. The van der Waals surface area contributed by atoms with Gasteiger partial charge < -0.3 is 15.4 Å². The lowest BCUT2D eigenvalue weighted by Crippen LogP contribution is -2.15. The second-order valence-corrected chi connectivity index (χ2v) is 3.54. The molecular formula is C8H9N3O2S. The van der Waals surface area contributed by atoms with Crippen molar-refractivity contribution in [2.75, 3.05) is 6.61 Å². The van der Waals surface area contributed by atoms with Gasteiger partial charge in [-0.3, -0.25) is 0 Å². The highest BCUT2D eigenvalue weighted by molar-refractivity contribution is 7.08. The Morgan fingerprint density at radius 3 is 3.14 bits per heavy atom. The molecule has 0 aromatic carbocycles. The van der Waals surface area contributed by atoms with Crippen LogP contribution in [0.1, 0.15) is 11.9 Å². The summed E-state index contributed by atoms with van der Waals surface area (Å²) in [4.78, 5) is 4.07. The van der Waals surface area contributed by atoms with Crippen molar-refractivity contribution >= 4 is 11.3 Å². The summed E-state index contributed by atoms with van der Waals surface area (Å²) in [7, 11) is 0. The van der Waals surface area contributed by atoms with E-state index in [-0.39, 0.29) is 6.61 Å². The monoisotopic (exact) mass is 211 g/mol. The molecule has 14 heavy (non-hydrogen) atoms. The molecular weight excluding hydrogens is 202 g/mol. The van der Waals surface area contributed by atoms with Gasteiger partial charge in [-0.1, -0.05) is 5.16 Å². The summed E-state index contributed by atoms with van der Waals surface area (Å²) in [6.07, 6.45) is 0. The first-order valence-electron chi connectivity index (χ1n) is 4.04. The Kier molecular flexibility index (Phi) is 2.58.